The Hall–Kier alpha value is -3.02. The zero-order valence-electron chi connectivity index (χ0n) is 22.0. The molecule has 0 saturated carbocycles. The van der Waals surface area contributed by atoms with Gasteiger partial charge >= 0.3 is 12.1 Å². The molecule has 3 aromatic rings. The van der Waals surface area contributed by atoms with Crippen molar-refractivity contribution in [2.24, 2.45) is 0 Å². The van der Waals surface area contributed by atoms with E-state index in [1.807, 2.05) is 44.2 Å². The number of fused-ring (bicyclic) bond motifs is 5. The highest BCUT2D eigenvalue weighted by atomic mass is 32.2. The zero-order chi connectivity index (χ0) is 27.8. The van der Waals surface area contributed by atoms with Gasteiger partial charge in [0.25, 0.3) is 5.56 Å². The smallest absolute Gasteiger partial charge is 0.457 e. The fourth-order valence-electron chi connectivity index (χ4n) is 5.00. The number of rotatable bonds is 9. The van der Waals surface area contributed by atoms with Crippen LogP contribution >= 0.6 is 23.5 Å². The van der Waals surface area contributed by atoms with Crippen molar-refractivity contribution in [3.8, 4) is 11.4 Å². The lowest BCUT2D eigenvalue weighted by molar-refractivity contribution is -0.175. The number of esters is 1. The Labute approximate surface area is 234 Å². The van der Waals surface area contributed by atoms with Gasteiger partial charge < -0.3 is 23.9 Å². The monoisotopic (exact) mass is 570 g/mol. The highest BCUT2D eigenvalue weighted by Crippen LogP contribution is 2.41. The van der Waals surface area contributed by atoms with Crippen LogP contribution in [0.15, 0.2) is 41.2 Å². The first-order chi connectivity index (χ1) is 18.7. The van der Waals surface area contributed by atoms with Gasteiger partial charge in [-0.15, -0.1) is 23.5 Å². The molecule has 0 fully saturated rings. The van der Waals surface area contributed by atoms with E-state index in [4.69, 9.17) is 24.3 Å². The van der Waals surface area contributed by atoms with Gasteiger partial charge in [0, 0.05) is 28.0 Å². The quantitative estimate of drug-likeness (QED) is 0.176. The predicted molar refractivity (Wildman–Crippen MR) is 151 cm³/mol. The van der Waals surface area contributed by atoms with Crippen molar-refractivity contribution >= 4 is 46.6 Å². The number of aromatic nitrogens is 2. The van der Waals surface area contributed by atoms with Crippen LogP contribution in [-0.2, 0) is 37.8 Å². The van der Waals surface area contributed by atoms with Crippen molar-refractivity contribution in [1.29, 1.82) is 0 Å². The van der Waals surface area contributed by atoms with Crippen molar-refractivity contribution in [2.75, 3.05) is 24.7 Å². The summed E-state index contributed by atoms with van der Waals surface area (Å²) in [6.45, 7) is 6.09. The Kier molecular flexibility index (Phi) is 7.67. The minimum atomic E-state index is -1.80. The van der Waals surface area contributed by atoms with Crippen LogP contribution in [0.3, 0.4) is 0 Å². The van der Waals surface area contributed by atoms with Crippen LogP contribution in [-0.4, -0.2) is 55.6 Å². The molecule has 9 nitrogen and oxygen atoms in total. The number of carbonyl (C=O) groups excluding carboxylic acids is 2. The molecule has 0 saturated heterocycles. The summed E-state index contributed by atoms with van der Waals surface area (Å²) in [5, 5.41) is 10.0. The number of aliphatic hydroxyl groups excluding tert-OH is 1. The van der Waals surface area contributed by atoms with Gasteiger partial charge in [0.1, 0.15) is 13.2 Å². The molecule has 0 unspecified atom stereocenters. The summed E-state index contributed by atoms with van der Waals surface area (Å²) in [6.07, 6.45) is -0.942. The number of hydrogen-bond donors (Lipinski definition) is 1. The van der Waals surface area contributed by atoms with Crippen LogP contribution in [0.25, 0.3) is 22.3 Å². The maximum Gasteiger partial charge on any atom is 0.509 e. The second-order valence-corrected chi connectivity index (χ2v) is 13.5. The Balaban J connectivity index is 1.42. The van der Waals surface area contributed by atoms with Crippen LogP contribution in [0.2, 0.25) is 0 Å². The number of thioether (sulfide) groups is 2. The van der Waals surface area contributed by atoms with E-state index in [1.54, 1.807) is 41.1 Å². The van der Waals surface area contributed by atoms with E-state index in [0.29, 0.717) is 35.0 Å². The summed E-state index contributed by atoms with van der Waals surface area (Å²) in [6, 6.07) is 11.5. The van der Waals surface area contributed by atoms with Gasteiger partial charge in [0.15, 0.2) is 0 Å². The van der Waals surface area contributed by atoms with Crippen molar-refractivity contribution in [3.63, 3.8) is 0 Å². The molecule has 5 rings (SSSR count). The predicted octanol–water partition coefficient (Wildman–Crippen LogP) is 4.44. The van der Waals surface area contributed by atoms with Crippen LogP contribution in [0.1, 0.15) is 43.9 Å². The SMILES string of the molecule is CC[C@@]1(OC(=O)OCCSC(C)(C)SCCO)C(=O)OCc2c1cc1n(c2=O)Cc2cc3ccccc3nc2-1. The van der Waals surface area contributed by atoms with E-state index >= 15 is 0 Å². The summed E-state index contributed by atoms with van der Waals surface area (Å²) >= 11 is 3.20. The largest absolute Gasteiger partial charge is 0.509 e. The molecule has 1 aromatic carbocycles. The molecule has 0 bridgehead atoms. The van der Waals surface area contributed by atoms with E-state index in [-0.39, 0.29) is 41.4 Å². The first kappa shape index (κ1) is 27.5. The fraction of sp³-hybridized carbons (Fsp3) is 0.429. The average molecular weight is 571 g/mol. The number of pyridine rings is 2. The maximum absolute atomic E-state index is 13.6. The molecule has 1 atom stereocenters. The van der Waals surface area contributed by atoms with E-state index in [2.05, 4.69) is 0 Å². The minimum absolute atomic E-state index is 0.0639. The number of carbonyl (C=O) groups is 2. The molecule has 0 amide bonds. The minimum Gasteiger partial charge on any atom is -0.457 e. The number of benzene rings is 1. The van der Waals surface area contributed by atoms with Gasteiger partial charge in [-0.3, -0.25) is 4.79 Å². The lowest BCUT2D eigenvalue weighted by Gasteiger charge is -2.35. The third-order valence-corrected chi connectivity index (χ3v) is 9.79. The second-order valence-electron chi connectivity index (χ2n) is 9.78. The molecule has 4 heterocycles. The number of hydrogen-bond acceptors (Lipinski definition) is 10. The molecule has 206 valence electrons. The van der Waals surface area contributed by atoms with Gasteiger partial charge in [0.2, 0.25) is 5.60 Å². The van der Waals surface area contributed by atoms with Gasteiger partial charge in [-0.1, -0.05) is 25.1 Å². The number of nitrogens with zero attached hydrogens (tertiary/aromatic N) is 2. The van der Waals surface area contributed by atoms with Crippen molar-refractivity contribution in [1.82, 2.24) is 9.55 Å². The Morgan fingerprint density at radius 3 is 2.74 bits per heavy atom. The number of ether oxygens (including phenoxy) is 3. The topological polar surface area (TPSA) is 117 Å². The van der Waals surface area contributed by atoms with Crippen molar-refractivity contribution < 1.29 is 28.9 Å². The van der Waals surface area contributed by atoms with Gasteiger partial charge in [0.05, 0.1) is 39.7 Å². The molecule has 1 N–H and O–H groups in total. The summed E-state index contributed by atoms with van der Waals surface area (Å²) in [5.74, 6) is 0.384. The third kappa shape index (κ3) is 5.15. The summed E-state index contributed by atoms with van der Waals surface area (Å²) in [4.78, 5) is 44.3. The van der Waals surface area contributed by atoms with Crippen molar-refractivity contribution in [3.05, 3.63) is 63.4 Å². The summed E-state index contributed by atoms with van der Waals surface area (Å²) in [7, 11) is 0. The number of cyclic esters (lactones) is 1. The summed E-state index contributed by atoms with van der Waals surface area (Å²) in [5.41, 5.74) is 1.43. The highest BCUT2D eigenvalue weighted by molar-refractivity contribution is 8.18. The molecule has 2 aliphatic rings. The van der Waals surface area contributed by atoms with Gasteiger partial charge in [-0.25, -0.2) is 14.6 Å². The van der Waals surface area contributed by atoms with Crippen LogP contribution in [0.4, 0.5) is 4.79 Å². The lowest BCUT2D eigenvalue weighted by Crippen LogP contribution is -2.47. The van der Waals surface area contributed by atoms with Crippen molar-refractivity contribution in [2.45, 2.75) is 50.0 Å². The standard InChI is InChI=1S/C28H30N2O7S2/c1-4-28(37-26(34)35-10-12-39-27(2,3)38-11-9-31)20-14-22-23-18(13-17-7-5-6-8-21(17)29-23)15-30(22)24(32)19(20)16-36-25(28)33/h5-8,13-14,31H,4,9-12,15-16H2,1-3H3/t28-/m0/s1. The van der Waals surface area contributed by atoms with Crippen LogP contribution in [0.5, 0.6) is 0 Å². The fourth-order valence-corrected chi connectivity index (χ4v) is 7.07. The molecule has 39 heavy (non-hydrogen) atoms. The molecule has 0 radical (unpaired) electrons. The molecule has 11 heteroatoms. The second kappa shape index (κ2) is 10.9. The van der Waals surface area contributed by atoms with Crippen LogP contribution in [0, 0.1) is 0 Å². The molecule has 2 aromatic heterocycles. The van der Waals surface area contributed by atoms with E-state index < -0.39 is 17.7 Å². The Bertz CT molecular complexity index is 1500. The number of aliphatic hydroxyl groups is 1. The molecule has 0 aliphatic carbocycles. The molecular weight excluding hydrogens is 540 g/mol. The van der Waals surface area contributed by atoms with Gasteiger partial charge in [-0.05, 0) is 38.5 Å². The molecule has 0 spiro atoms. The van der Waals surface area contributed by atoms with E-state index in [1.165, 1.54) is 0 Å². The van der Waals surface area contributed by atoms with E-state index in [0.717, 1.165) is 16.5 Å². The zero-order valence-corrected chi connectivity index (χ0v) is 23.7. The van der Waals surface area contributed by atoms with Gasteiger partial charge in [-0.2, -0.15) is 0 Å². The normalized spacial score (nSPS) is 17.8. The van der Waals surface area contributed by atoms with Crippen LogP contribution < -0.4 is 5.56 Å². The maximum atomic E-state index is 13.6. The lowest BCUT2D eigenvalue weighted by atomic mass is 9.85. The molecule has 2 aliphatic heterocycles. The average Bonchev–Trinajstić information content (AvgIpc) is 3.28. The Morgan fingerprint density at radius 1 is 1.21 bits per heavy atom. The molecular formula is C28H30N2O7S2. The first-order valence-corrected chi connectivity index (χ1v) is 14.7. The first-order valence-electron chi connectivity index (χ1n) is 12.8. The highest BCUT2D eigenvalue weighted by Gasteiger charge is 2.51. The van der Waals surface area contributed by atoms with E-state index in [9.17, 15) is 14.4 Å². The summed E-state index contributed by atoms with van der Waals surface area (Å²) < 4.78 is 17.8. The number of para-hydroxylation sites is 1. The Morgan fingerprint density at radius 2 is 1.97 bits per heavy atom. The third-order valence-electron chi connectivity index (χ3n) is 6.94.